The molecule has 3 heterocycles. The van der Waals surface area contributed by atoms with Crippen LogP contribution in [-0.2, 0) is 5.41 Å². The van der Waals surface area contributed by atoms with E-state index >= 15 is 0 Å². The third-order valence-electron chi connectivity index (χ3n) is 6.24. The average molecular weight is 539 g/mol. The van der Waals surface area contributed by atoms with Crippen LogP contribution in [0.1, 0.15) is 45.7 Å². The van der Waals surface area contributed by atoms with Crippen molar-refractivity contribution >= 4 is 29.9 Å². The fourth-order valence-corrected chi connectivity index (χ4v) is 4.20. The summed E-state index contributed by atoms with van der Waals surface area (Å²) in [6.07, 6.45) is 6.99. The molecule has 4 rings (SSSR count). The molecule has 2 aliphatic heterocycles. The van der Waals surface area contributed by atoms with E-state index < -0.39 is 0 Å². The molecule has 0 bridgehead atoms. The highest BCUT2D eigenvalue weighted by atomic mass is 127. The van der Waals surface area contributed by atoms with Crippen molar-refractivity contribution in [1.82, 2.24) is 19.8 Å². The molecule has 7 nitrogen and oxygen atoms in total. The van der Waals surface area contributed by atoms with Crippen molar-refractivity contribution in [3.05, 3.63) is 42.5 Å². The molecule has 0 radical (unpaired) electrons. The summed E-state index contributed by atoms with van der Waals surface area (Å²) in [5.74, 6) is 3.25. The zero-order chi connectivity index (χ0) is 21.1. The number of imidazole rings is 1. The molecule has 2 aliphatic rings. The van der Waals surface area contributed by atoms with Gasteiger partial charge in [-0.1, -0.05) is 26.8 Å². The van der Waals surface area contributed by atoms with Crippen LogP contribution in [0.2, 0.25) is 0 Å². The molecule has 31 heavy (non-hydrogen) atoms. The fraction of sp³-hybridized carbons (Fsp3) is 0.565. The minimum absolute atomic E-state index is 0. The third kappa shape index (κ3) is 5.27. The number of benzene rings is 1. The molecule has 1 aromatic heterocycles. The molecule has 1 N–H and O–H groups in total. The number of guanidine groups is 1. The van der Waals surface area contributed by atoms with Crippen LogP contribution in [0, 0.1) is 5.92 Å². The molecule has 1 aromatic carbocycles. The lowest BCUT2D eigenvalue weighted by molar-refractivity contribution is 0.174. The second-order valence-corrected chi connectivity index (χ2v) is 8.91. The van der Waals surface area contributed by atoms with Gasteiger partial charge in [0, 0.05) is 37.4 Å². The first-order valence-corrected chi connectivity index (χ1v) is 10.9. The first-order valence-electron chi connectivity index (χ1n) is 10.9. The van der Waals surface area contributed by atoms with E-state index in [1.54, 1.807) is 0 Å². The normalized spacial score (nSPS) is 21.0. The van der Waals surface area contributed by atoms with Gasteiger partial charge in [0.25, 0.3) is 0 Å². The summed E-state index contributed by atoms with van der Waals surface area (Å²) < 4.78 is 13.2. The highest BCUT2D eigenvalue weighted by molar-refractivity contribution is 14.0. The van der Waals surface area contributed by atoms with Gasteiger partial charge in [-0.25, -0.2) is 4.98 Å². The molecule has 0 aliphatic carbocycles. The van der Waals surface area contributed by atoms with Crippen molar-refractivity contribution < 1.29 is 9.47 Å². The van der Waals surface area contributed by atoms with Gasteiger partial charge < -0.3 is 24.3 Å². The number of aromatic nitrogens is 2. The minimum atomic E-state index is -0.117. The summed E-state index contributed by atoms with van der Waals surface area (Å²) in [6.45, 7) is 12.7. The van der Waals surface area contributed by atoms with Crippen molar-refractivity contribution in [1.29, 1.82) is 0 Å². The van der Waals surface area contributed by atoms with Crippen molar-refractivity contribution in [3.63, 3.8) is 0 Å². The lowest BCUT2D eigenvalue weighted by Crippen LogP contribution is -2.49. The first kappa shape index (κ1) is 23.7. The number of hydrogen-bond donors (Lipinski definition) is 1. The second kappa shape index (κ2) is 10.1. The Morgan fingerprint density at radius 3 is 2.84 bits per heavy atom. The molecule has 0 amide bonds. The number of nitrogens with zero attached hydrogens (tertiary/aromatic N) is 4. The van der Waals surface area contributed by atoms with Crippen LogP contribution in [0.3, 0.4) is 0 Å². The van der Waals surface area contributed by atoms with Gasteiger partial charge in [0.2, 0.25) is 6.79 Å². The van der Waals surface area contributed by atoms with Gasteiger partial charge in [0.1, 0.15) is 0 Å². The number of hydrogen-bond acceptors (Lipinski definition) is 4. The Morgan fingerprint density at radius 2 is 2.10 bits per heavy atom. The number of ether oxygens (including phenoxy) is 2. The monoisotopic (exact) mass is 539 g/mol. The fourth-order valence-electron chi connectivity index (χ4n) is 4.20. The first-order chi connectivity index (χ1) is 14.5. The number of halogens is 1. The molecule has 2 aromatic rings. The number of piperidine rings is 1. The molecule has 1 fully saturated rings. The zero-order valence-electron chi connectivity index (χ0n) is 18.9. The lowest BCUT2D eigenvalue weighted by atomic mass is 9.84. The van der Waals surface area contributed by atoms with Crippen LogP contribution < -0.4 is 14.8 Å². The molecule has 1 saturated heterocycles. The van der Waals surface area contributed by atoms with Crippen LogP contribution in [0.5, 0.6) is 11.5 Å². The molecule has 2 atom stereocenters. The van der Waals surface area contributed by atoms with E-state index in [9.17, 15) is 0 Å². The summed E-state index contributed by atoms with van der Waals surface area (Å²) >= 11 is 0. The summed E-state index contributed by atoms with van der Waals surface area (Å²) in [6, 6.07) is 6.61. The van der Waals surface area contributed by atoms with Gasteiger partial charge in [0.05, 0.1) is 18.9 Å². The van der Waals surface area contributed by atoms with Crippen LogP contribution in [0.4, 0.5) is 0 Å². The topological polar surface area (TPSA) is 63.9 Å². The Labute approximate surface area is 202 Å². The lowest BCUT2D eigenvalue weighted by Gasteiger charge is -2.39. The maximum Gasteiger partial charge on any atom is 0.231 e. The predicted molar refractivity (Wildman–Crippen MR) is 134 cm³/mol. The molecular formula is C23H34IN5O2. The van der Waals surface area contributed by atoms with Gasteiger partial charge in [-0.3, -0.25) is 4.99 Å². The van der Waals surface area contributed by atoms with E-state index in [1.165, 1.54) is 5.56 Å². The van der Waals surface area contributed by atoms with Gasteiger partial charge in [-0.05, 0) is 37.0 Å². The number of aliphatic imine (C=N–C) groups is 1. The van der Waals surface area contributed by atoms with Crippen LogP contribution in [0.25, 0.3) is 0 Å². The van der Waals surface area contributed by atoms with E-state index in [-0.39, 0.29) is 29.4 Å². The summed E-state index contributed by atoms with van der Waals surface area (Å²) in [5.41, 5.74) is 1.09. The highest BCUT2D eigenvalue weighted by Crippen LogP contribution is 2.36. The molecule has 2 unspecified atom stereocenters. The Morgan fingerprint density at radius 1 is 1.29 bits per heavy atom. The Hall–Kier alpha value is -1.97. The maximum absolute atomic E-state index is 5.56. The minimum Gasteiger partial charge on any atom is -0.454 e. The van der Waals surface area contributed by atoms with E-state index in [0.29, 0.717) is 25.3 Å². The van der Waals surface area contributed by atoms with E-state index in [2.05, 4.69) is 65.8 Å². The number of nitrogens with one attached hydrogen (secondary N) is 1. The molecule has 0 saturated carbocycles. The summed E-state index contributed by atoms with van der Waals surface area (Å²) in [4.78, 5) is 11.7. The van der Waals surface area contributed by atoms with Gasteiger partial charge in [-0.2, -0.15) is 0 Å². The van der Waals surface area contributed by atoms with Gasteiger partial charge >= 0.3 is 0 Å². The van der Waals surface area contributed by atoms with Crippen molar-refractivity contribution in [2.45, 2.75) is 45.6 Å². The Bertz CT molecular complexity index is 884. The molecular weight excluding hydrogens is 505 g/mol. The summed E-state index contributed by atoms with van der Waals surface area (Å²) in [7, 11) is 0. The standard InChI is InChI=1S/C23H33N5O2.HI/c1-5-25-22(27-10-8-17(2)19(13-27)28-11-9-24-15-28)26-14-23(3,4)18-6-7-20-21(12-18)30-16-29-20;/h6-7,9,11-12,15,17,19H,5,8,10,13-14,16H2,1-4H3,(H,25,26);1H. The second-order valence-electron chi connectivity index (χ2n) is 8.91. The van der Waals surface area contributed by atoms with Gasteiger partial charge in [-0.15, -0.1) is 24.0 Å². The molecule has 0 spiro atoms. The van der Waals surface area contributed by atoms with Crippen molar-refractivity contribution in [2.75, 3.05) is 33.0 Å². The molecule has 8 heteroatoms. The van der Waals surface area contributed by atoms with E-state index in [4.69, 9.17) is 14.5 Å². The third-order valence-corrected chi connectivity index (χ3v) is 6.24. The van der Waals surface area contributed by atoms with Crippen molar-refractivity contribution in [2.24, 2.45) is 10.9 Å². The maximum atomic E-state index is 5.56. The Balaban J connectivity index is 0.00000272. The number of likely N-dealkylation sites (tertiary alicyclic amines) is 1. The van der Waals surface area contributed by atoms with Crippen LogP contribution >= 0.6 is 24.0 Å². The van der Waals surface area contributed by atoms with Crippen LogP contribution in [-0.4, -0.2) is 53.4 Å². The quantitative estimate of drug-likeness (QED) is 0.353. The van der Waals surface area contributed by atoms with Gasteiger partial charge in [0.15, 0.2) is 17.5 Å². The van der Waals surface area contributed by atoms with Crippen LogP contribution in [0.15, 0.2) is 41.9 Å². The predicted octanol–water partition coefficient (Wildman–Crippen LogP) is 4.06. The zero-order valence-corrected chi connectivity index (χ0v) is 21.2. The average Bonchev–Trinajstić information content (AvgIpc) is 3.43. The SMILES string of the molecule is CCNC(=NCC(C)(C)c1ccc2c(c1)OCO2)N1CCC(C)C(n2ccnc2)C1.I. The molecule has 170 valence electrons. The smallest absolute Gasteiger partial charge is 0.231 e. The number of rotatable bonds is 5. The van der Waals surface area contributed by atoms with E-state index in [1.807, 2.05) is 18.6 Å². The number of fused-ring (bicyclic) bond motifs is 1. The highest BCUT2D eigenvalue weighted by Gasteiger charge is 2.30. The van der Waals surface area contributed by atoms with Crippen molar-refractivity contribution in [3.8, 4) is 11.5 Å². The van der Waals surface area contributed by atoms with E-state index in [0.717, 1.165) is 43.5 Å². The largest absolute Gasteiger partial charge is 0.454 e. The summed E-state index contributed by atoms with van der Waals surface area (Å²) in [5, 5.41) is 3.51. The Kier molecular flexibility index (Phi) is 7.72.